The van der Waals surface area contributed by atoms with Crippen molar-refractivity contribution in [2.75, 3.05) is 18.0 Å². The minimum atomic E-state index is -5.02. The van der Waals surface area contributed by atoms with Crippen LogP contribution < -0.4 is 15.8 Å². The molecule has 1 aliphatic rings. The number of nitrogens with one attached hydrogen (secondary N) is 1. The van der Waals surface area contributed by atoms with E-state index >= 15 is 0 Å². The van der Waals surface area contributed by atoms with Gasteiger partial charge in [-0.1, -0.05) is 60.1 Å². The second-order valence-electron chi connectivity index (χ2n) is 11.8. The van der Waals surface area contributed by atoms with Gasteiger partial charge in [-0.05, 0) is 45.2 Å². The van der Waals surface area contributed by atoms with Crippen molar-refractivity contribution in [3.8, 4) is 0 Å². The van der Waals surface area contributed by atoms with E-state index in [9.17, 15) is 27.6 Å². The maximum atomic E-state index is 14.5. The van der Waals surface area contributed by atoms with Crippen molar-refractivity contribution in [1.29, 1.82) is 0 Å². The molecule has 238 valence electrons. The predicted octanol–water partition coefficient (Wildman–Crippen LogP) is 5.53. The molecule has 2 aromatic heterocycles. The number of aromatic nitrogens is 4. The largest absolute Gasteiger partial charge is 0.453 e. The van der Waals surface area contributed by atoms with E-state index in [-0.39, 0.29) is 35.4 Å². The number of ketones is 1. The number of fused-ring (bicyclic) bond motifs is 1. The highest BCUT2D eigenvalue weighted by atomic mass is 35.5. The lowest BCUT2D eigenvalue weighted by molar-refractivity contribution is -0.147. The number of ether oxygens (including phenoxy) is 1. The van der Waals surface area contributed by atoms with Crippen LogP contribution in [0.25, 0.3) is 5.52 Å². The molecule has 1 amide bonds. The average Bonchev–Trinajstić information content (AvgIpc) is 3.34. The Labute approximate surface area is 261 Å². The molecular weight excluding hydrogens is 613 g/mol. The second kappa shape index (κ2) is 12.5. The van der Waals surface area contributed by atoms with Gasteiger partial charge in [0, 0.05) is 41.7 Å². The van der Waals surface area contributed by atoms with E-state index < -0.39 is 47.6 Å². The Morgan fingerprint density at radius 3 is 2.40 bits per heavy atom. The summed E-state index contributed by atoms with van der Waals surface area (Å²) in [4.78, 5) is 41.1. The highest BCUT2D eigenvalue weighted by molar-refractivity contribution is 6.31. The molecule has 4 aromatic rings. The van der Waals surface area contributed by atoms with Crippen LogP contribution in [0.1, 0.15) is 60.9 Å². The van der Waals surface area contributed by atoms with Gasteiger partial charge in [0.05, 0.1) is 0 Å². The molecule has 0 unspecified atom stereocenters. The van der Waals surface area contributed by atoms with Gasteiger partial charge >= 0.3 is 12.3 Å². The van der Waals surface area contributed by atoms with Gasteiger partial charge in [-0.2, -0.15) is 13.2 Å². The number of hydrogen-bond donors (Lipinski definition) is 1. The normalized spacial score (nSPS) is 15.7. The molecule has 1 saturated heterocycles. The number of alkyl halides is 3. The number of rotatable bonds is 7. The Hall–Kier alpha value is -4.39. The first-order valence-electron chi connectivity index (χ1n) is 14.4. The van der Waals surface area contributed by atoms with Crippen molar-refractivity contribution < 1.29 is 27.5 Å². The number of piperidine rings is 1. The van der Waals surface area contributed by atoms with Crippen molar-refractivity contribution in [1.82, 2.24) is 24.7 Å². The minimum Gasteiger partial charge on any atom is -0.444 e. The number of carbonyl (C=O) groups is 2. The van der Waals surface area contributed by atoms with Crippen LogP contribution in [0.3, 0.4) is 0 Å². The van der Waals surface area contributed by atoms with Crippen molar-refractivity contribution in [2.24, 2.45) is 0 Å². The molecule has 1 aliphatic heterocycles. The van der Waals surface area contributed by atoms with E-state index in [1.54, 1.807) is 68.1 Å². The van der Waals surface area contributed by atoms with Crippen molar-refractivity contribution in [3.05, 3.63) is 92.5 Å². The zero-order valence-electron chi connectivity index (χ0n) is 24.9. The van der Waals surface area contributed by atoms with E-state index in [1.807, 2.05) is 0 Å². The van der Waals surface area contributed by atoms with Crippen LogP contribution in [-0.2, 0) is 23.9 Å². The van der Waals surface area contributed by atoms with Gasteiger partial charge in [-0.3, -0.25) is 9.59 Å². The summed E-state index contributed by atoms with van der Waals surface area (Å²) in [6.45, 7) is 5.12. The van der Waals surface area contributed by atoms with Crippen LogP contribution >= 0.6 is 11.6 Å². The quantitative estimate of drug-likeness (QED) is 0.264. The number of Topliss-reactive ketones (excluding diaryl/α,β-unsaturated/α-hetero) is 1. The highest BCUT2D eigenvalue weighted by Gasteiger charge is 2.40. The summed E-state index contributed by atoms with van der Waals surface area (Å²) < 4.78 is 49.9. The van der Waals surface area contributed by atoms with Gasteiger partial charge in [0.15, 0.2) is 11.6 Å². The molecule has 0 spiro atoms. The van der Waals surface area contributed by atoms with Gasteiger partial charge in [-0.25, -0.2) is 14.0 Å². The zero-order chi connectivity index (χ0) is 32.5. The Balaban J connectivity index is 1.63. The molecule has 2 aromatic carbocycles. The van der Waals surface area contributed by atoms with Crippen LogP contribution in [0.15, 0.2) is 59.4 Å². The van der Waals surface area contributed by atoms with Crippen LogP contribution in [0.4, 0.5) is 23.8 Å². The van der Waals surface area contributed by atoms with Crippen LogP contribution in [-0.4, -0.2) is 56.0 Å². The molecule has 14 heteroatoms. The number of nitrogens with zero attached hydrogens (tertiary/aromatic N) is 5. The van der Waals surface area contributed by atoms with E-state index in [4.69, 9.17) is 16.3 Å². The summed E-state index contributed by atoms with van der Waals surface area (Å²) in [5.74, 6) is -1.91. The third-order valence-electron chi connectivity index (χ3n) is 7.22. The molecule has 0 saturated carbocycles. The van der Waals surface area contributed by atoms with Gasteiger partial charge in [0.25, 0.3) is 11.4 Å². The van der Waals surface area contributed by atoms with Crippen molar-refractivity contribution in [2.45, 2.75) is 64.4 Å². The fourth-order valence-corrected chi connectivity index (χ4v) is 5.48. The third-order valence-corrected chi connectivity index (χ3v) is 7.59. The highest BCUT2D eigenvalue weighted by Crippen LogP contribution is 2.33. The molecule has 1 fully saturated rings. The van der Waals surface area contributed by atoms with E-state index in [0.717, 1.165) is 0 Å². The first-order chi connectivity index (χ1) is 21.2. The monoisotopic (exact) mass is 644 g/mol. The second-order valence-corrected chi connectivity index (χ2v) is 12.2. The molecule has 1 atom stereocenters. The van der Waals surface area contributed by atoms with Crippen LogP contribution in [0.2, 0.25) is 5.02 Å². The molecule has 45 heavy (non-hydrogen) atoms. The molecule has 1 N–H and O–H groups in total. The summed E-state index contributed by atoms with van der Waals surface area (Å²) >= 11 is 6.45. The average molecular weight is 645 g/mol. The molecule has 0 aliphatic carbocycles. The fourth-order valence-electron chi connectivity index (χ4n) is 5.28. The number of alkyl carbamates (subject to hydrolysis) is 1. The maximum Gasteiger partial charge on any atom is 0.453 e. The van der Waals surface area contributed by atoms with Crippen LogP contribution in [0.5, 0.6) is 0 Å². The Morgan fingerprint density at radius 1 is 1.04 bits per heavy atom. The minimum absolute atomic E-state index is 0.0254. The number of halogens is 4. The number of carbonyl (C=O) groups excluding carboxylic acids is 2. The number of benzene rings is 2. The smallest absolute Gasteiger partial charge is 0.444 e. The Bertz CT molecular complexity index is 1780. The van der Waals surface area contributed by atoms with Crippen molar-refractivity contribution in [3.63, 3.8) is 0 Å². The van der Waals surface area contributed by atoms with Gasteiger partial charge in [-0.15, -0.1) is 10.2 Å². The van der Waals surface area contributed by atoms with Crippen molar-refractivity contribution >= 4 is 34.8 Å². The molecule has 3 heterocycles. The SMILES string of the molecule is CC(C)(C)OC(=O)N[C@@H]1CCCN(c2nn3c(C(F)(F)F)nn(CC(=O)c4ccccc4)c(=O)c3c2Cc2ccccc2Cl)C1. The van der Waals surface area contributed by atoms with Gasteiger partial charge in [0.1, 0.15) is 17.7 Å². The number of anilines is 1. The standard InChI is InChI=1S/C31H32ClF3N6O4/c1-30(2,3)45-29(44)36-21-13-9-15-39(17-21)26-22(16-20-12-7-8-14-23(20)32)25-27(43)40(18-24(42)19-10-5-4-6-11-19)38-28(31(33,34)35)41(25)37-26/h4-8,10-12,14,21H,9,13,15-18H2,1-3H3,(H,36,44)/t21-/m1/s1. The molecule has 5 rings (SSSR count). The lowest BCUT2D eigenvalue weighted by Gasteiger charge is -2.34. The lowest BCUT2D eigenvalue weighted by Crippen LogP contribution is -2.49. The summed E-state index contributed by atoms with van der Waals surface area (Å²) in [6.07, 6.45) is -4.47. The maximum absolute atomic E-state index is 14.5. The Morgan fingerprint density at radius 2 is 1.73 bits per heavy atom. The summed E-state index contributed by atoms with van der Waals surface area (Å²) in [6, 6.07) is 14.3. The molecule has 10 nitrogen and oxygen atoms in total. The van der Waals surface area contributed by atoms with Crippen LogP contribution in [0, 0.1) is 0 Å². The molecule has 0 bridgehead atoms. The molecular formula is C31H32ClF3N6O4. The summed E-state index contributed by atoms with van der Waals surface area (Å²) in [5.41, 5.74) is -1.01. The van der Waals surface area contributed by atoms with E-state index in [2.05, 4.69) is 15.5 Å². The lowest BCUT2D eigenvalue weighted by atomic mass is 10.0. The topological polar surface area (TPSA) is 111 Å². The summed E-state index contributed by atoms with van der Waals surface area (Å²) in [7, 11) is 0. The number of hydrogen-bond acceptors (Lipinski definition) is 7. The zero-order valence-corrected chi connectivity index (χ0v) is 25.7. The first kappa shape index (κ1) is 32.0. The van der Waals surface area contributed by atoms with E-state index in [1.165, 1.54) is 12.1 Å². The number of amides is 1. The van der Waals surface area contributed by atoms with E-state index in [0.29, 0.717) is 39.2 Å². The summed E-state index contributed by atoms with van der Waals surface area (Å²) in [5, 5.41) is 11.1. The fraction of sp³-hybridized carbons (Fsp3) is 0.387. The predicted molar refractivity (Wildman–Crippen MR) is 162 cm³/mol. The third kappa shape index (κ3) is 7.30. The molecule has 0 radical (unpaired) electrons. The van der Waals surface area contributed by atoms with Gasteiger partial charge in [0.2, 0.25) is 0 Å². The first-order valence-corrected chi connectivity index (χ1v) is 14.7. The Kier molecular flexibility index (Phi) is 8.92. The van der Waals surface area contributed by atoms with Gasteiger partial charge < -0.3 is 15.0 Å².